The van der Waals surface area contributed by atoms with E-state index in [0.717, 1.165) is 12.8 Å². The molecule has 0 fully saturated rings. The van der Waals surface area contributed by atoms with Crippen molar-refractivity contribution in [3.63, 3.8) is 0 Å². The number of benzene rings is 1. The molecule has 112 valence electrons. The number of carbonyl (C=O) groups is 1. The second-order valence-corrected chi connectivity index (χ2v) is 5.60. The van der Waals surface area contributed by atoms with Crippen LogP contribution in [0.1, 0.15) is 62.7 Å². The van der Waals surface area contributed by atoms with Gasteiger partial charge in [0.15, 0.2) is 5.78 Å². The molecule has 0 bridgehead atoms. The quantitative estimate of drug-likeness (QED) is 0.416. The van der Waals surface area contributed by atoms with Crippen molar-refractivity contribution in [1.82, 2.24) is 0 Å². The van der Waals surface area contributed by atoms with Crippen molar-refractivity contribution >= 4 is 29.0 Å². The highest BCUT2D eigenvalue weighted by molar-refractivity contribution is 6.36. The Labute approximate surface area is 131 Å². The summed E-state index contributed by atoms with van der Waals surface area (Å²) >= 11 is 12.2. The molecule has 1 aromatic carbocycles. The van der Waals surface area contributed by atoms with Crippen molar-refractivity contribution in [3.8, 4) is 5.75 Å². The molecule has 0 radical (unpaired) electrons. The number of carbonyl (C=O) groups excluding carboxylic acids is 1. The minimum atomic E-state index is 0.0523. The van der Waals surface area contributed by atoms with Gasteiger partial charge in [-0.25, -0.2) is 0 Å². The Kier molecular flexibility index (Phi) is 8.01. The van der Waals surface area contributed by atoms with Crippen LogP contribution in [0.4, 0.5) is 0 Å². The van der Waals surface area contributed by atoms with E-state index in [-0.39, 0.29) is 5.78 Å². The minimum Gasteiger partial charge on any atom is -0.492 e. The van der Waals surface area contributed by atoms with E-state index in [0.29, 0.717) is 34.4 Å². The molecule has 0 heterocycles. The third-order valence-corrected chi connectivity index (χ3v) is 3.74. The fraction of sp³-hybridized carbons (Fsp3) is 0.562. The Hall–Kier alpha value is -0.730. The van der Waals surface area contributed by atoms with E-state index in [1.807, 2.05) is 6.92 Å². The first-order valence-corrected chi connectivity index (χ1v) is 8.00. The van der Waals surface area contributed by atoms with Crippen LogP contribution in [0.15, 0.2) is 12.1 Å². The van der Waals surface area contributed by atoms with Gasteiger partial charge in [-0.2, -0.15) is 0 Å². The summed E-state index contributed by atoms with van der Waals surface area (Å²) in [6.45, 7) is 4.56. The highest BCUT2D eigenvalue weighted by atomic mass is 35.5. The summed E-state index contributed by atoms with van der Waals surface area (Å²) in [5.41, 5.74) is 0.496. The largest absolute Gasteiger partial charge is 0.492 e. The predicted octanol–water partition coefficient (Wildman–Crippen LogP) is 5.94. The van der Waals surface area contributed by atoms with Gasteiger partial charge in [0.25, 0.3) is 0 Å². The van der Waals surface area contributed by atoms with E-state index in [1.54, 1.807) is 12.1 Å². The number of unbranched alkanes of at least 4 members (excludes halogenated alkanes) is 4. The summed E-state index contributed by atoms with van der Waals surface area (Å²) in [7, 11) is 0. The molecule has 2 nitrogen and oxygen atoms in total. The molecule has 1 aromatic rings. The van der Waals surface area contributed by atoms with Crippen LogP contribution < -0.4 is 4.74 Å². The van der Waals surface area contributed by atoms with Gasteiger partial charge in [0.2, 0.25) is 0 Å². The van der Waals surface area contributed by atoms with Crippen molar-refractivity contribution < 1.29 is 9.53 Å². The molecule has 0 aromatic heterocycles. The maximum absolute atomic E-state index is 12.1. The van der Waals surface area contributed by atoms with Crippen LogP contribution in [-0.2, 0) is 0 Å². The lowest BCUT2D eigenvalue weighted by Gasteiger charge is -2.09. The number of halogens is 2. The van der Waals surface area contributed by atoms with Crippen molar-refractivity contribution in [2.24, 2.45) is 0 Å². The minimum absolute atomic E-state index is 0.0523. The molecular formula is C16H22Cl2O2. The van der Waals surface area contributed by atoms with Gasteiger partial charge < -0.3 is 4.74 Å². The van der Waals surface area contributed by atoms with Crippen LogP contribution in [0.25, 0.3) is 0 Å². The van der Waals surface area contributed by atoms with E-state index in [1.165, 1.54) is 19.3 Å². The number of rotatable bonds is 9. The van der Waals surface area contributed by atoms with Crippen molar-refractivity contribution in [3.05, 3.63) is 27.7 Å². The molecule has 0 aliphatic rings. The first-order chi connectivity index (χ1) is 9.60. The van der Waals surface area contributed by atoms with Gasteiger partial charge in [0.05, 0.1) is 16.7 Å². The molecule has 0 unspecified atom stereocenters. The number of hydrogen-bond acceptors (Lipinski definition) is 2. The second-order valence-electron chi connectivity index (χ2n) is 4.78. The summed E-state index contributed by atoms with van der Waals surface area (Å²) in [5, 5.41) is 0.849. The maximum Gasteiger partial charge on any atom is 0.164 e. The first kappa shape index (κ1) is 17.3. The van der Waals surface area contributed by atoms with E-state index in [9.17, 15) is 4.79 Å². The van der Waals surface area contributed by atoms with Crippen molar-refractivity contribution in [2.45, 2.75) is 52.4 Å². The topological polar surface area (TPSA) is 26.3 Å². The molecule has 1 rings (SSSR count). The standard InChI is InChI=1S/C16H22Cl2O2/c1-3-5-6-7-8-9-15(19)12-10-14(18)16(20-4-2)11-13(12)17/h10-11H,3-9H2,1-2H3. The zero-order valence-electron chi connectivity index (χ0n) is 12.2. The normalized spacial score (nSPS) is 10.6. The van der Waals surface area contributed by atoms with Gasteiger partial charge in [-0.15, -0.1) is 0 Å². The highest BCUT2D eigenvalue weighted by Gasteiger charge is 2.14. The Bertz CT molecular complexity index is 444. The van der Waals surface area contributed by atoms with E-state index < -0.39 is 0 Å². The Morgan fingerprint density at radius 1 is 1.05 bits per heavy atom. The summed E-state index contributed by atoms with van der Waals surface area (Å²) in [6.07, 6.45) is 6.12. The third-order valence-electron chi connectivity index (χ3n) is 3.13. The SMILES string of the molecule is CCCCCCCC(=O)c1cc(Cl)c(OCC)cc1Cl. The van der Waals surface area contributed by atoms with Gasteiger partial charge in [-0.05, 0) is 19.4 Å². The molecule has 4 heteroatoms. The molecule has 0 atom stereocenters. The monoisotopic (exact) mass is 316 g/mol. The van der Waals surface area contributed by atoms with Crippen molar-refractivity contribution in [1.29, 1.82) is 0 Å². The van der Waals surface area contributed by atoms with Crippen LogP contribution in [0, 0.1) is 0 Å². The average Bonchev–Trinajstić information content (AvgIpc) is 2.42. The number of hydrogen-bond donors (Lipinski definition) is 0. The smallest absolute Gasteiger partial charge is 0.164 e. The lowest BCUT2D eigenvalue weighted by Crippen LogP contribution is -2.02. The summed E-state index contributed by atoms with van der Waals surface area (Å²) in [5.74, 6) is 0.579. The van der Waals surface area contributed by atoms with Crippen molar-refractivity contribution in [2.75, 3.05) is 6.61 Å². The fourth-order valence-corrected chi connectivity index (χ4v) is 2.51. The Morgan fingerprint density at radius 2 is 1.75 bits per heavy atom. The average molecular weight is 317 g/mol. The van der Waals surface area contributed by atoms with Crippen LogP contribution in [0.3, 0.4) is 0 Å². The van der Waals surface area contributed by atoms with Crippen LogP contribution in [0.2, 0.25) is 10.0 Å². The highest BCUT2D eigenvalue weighted by Crippen LogP contribution is 2.32. The van der Waals surface area contributed by atoms with Gasteiger partial charge in [0, 0.05) is 18.1 Å². The summed E-state index contributed by atoms with van der Waals surface area (Å²) < 4.78 is 5.35. The third kappa shape index (κ3) is 5.34. The zero-order valence-corrected chi connectivity index (χ0v) is 13.7. The Balaban J connectivity index is 2.62. The van der Waals surface area contributed by atoms with Gasteiger partial charge in [-0.1, -0.05) is 55.8 Å². The molecule has 0 spiro atoms. The molecule has 0 saturated carbocycles. The fourth-order valence-electron chi connectivity index (χ4n) is 2.03. The summed E-state index contributed by atoms with van der Waals surface area (Å²) in [4.78, 5) is 12.1. The van der Waals surface area contributed by atoms with E-state index in [2.05, 4.69) is 6.92 Å². The summed E-state index contributed by atoms with van der Waals surface area (Å²) in [6, 6.07) is 3.24. The molecule has 0 saturated heterocycles. The second kappa shape index (κ2) is 9.25. The number of Topliss-reactive ketones (excluding diaryl/α,β-unsaturated/α-hetero) is 1. The lowest BCUT2D eigenvalue weighted by atomic mass is 10.0. The molecule has 0 amide bonds. The predicted molar refractivity (Wildman–Crippen MR) is 85.3 cm³/mol. The first-order valence-electron chi connectivity index (χ1n) is 7.25. The van der Waals surface area contributed by atoms with E-state index in [4.69, 9.17) is 27.9 Å². The molecule has 0 aliphatic carbocycles. The Morgan fingerprint density at radius 3 is 2.40 bits per heavy atom. The molecule has 0 aliphatic heterocycles. The molecular weight excluding hydrogens is 295 g/mol. The van der Waals surface area contributed by atoms with Crippen LogP contribution in [-0.4, -0.2) is 12.4 Å². The van der Waals surface area contributed by atoms with Gasteiger partial charge in [-0.3, -0.25) is 4.79 Å². The van der Waals surface area contributed by atoms with Crippen LogP contribution >= 0.6 is 23.2 Å². The number of ether oxygens (including phenoxy) is 1. The van der Waals surface area contributed by atoms with E-state index >= 15 is 0 Å². The van der Waals surface area contributed by atoms with Crippen LogP contribution in [0.5, 0.6) is 5.75 Å². The zero-order chi connectivity index (χ0) is 15.0. The molecule has 20 heavy (non-hydrogen) atoms. The lowest BCUT2D eigenvalue weighted by molar-refractivity contribution is 0.0979. The number of ketones is 1. The van der Waals surface area contributed by atoms with Gasteiger partial charge in [0.1, 0.15) is 5.75 Å². The molecule has 0 N–H and O–H groups in total. The maximum atomic E-state index is 12.1. The van der Waals surface area contributed by atoms with Gasteiger partial charge >= 0.3 is 0 Å².